The number of nitrogens with one attached hydrogen (secondary N) is 2. The highest BCUT2D eigenvalue weighted by molar-refractivity contribution is 5.79. The second-order valence-corrected chi connectivity index (χ2v) is 7.89. The highest BCUT2D eigenvalue weighted by Gasteiger charge is 2.34. The number of ether oxygens (including phenoxy) is 2. The molecule has 3 rings (SSSR count). The van der Waals surface area contributed by atoms with Crippen molar-refractivity contribution in [3.63, 3.8) is 0 Å². The average Bonchev–Trinajstić information content (AvgIpc) is 2.82. The number of guanidine groups is 1. The highest BCUT2D eigenvalue weighted by Crippen LogP contribution is 2.34. The van der Waals surface area contributed by atoms with Gasteiger partial charge >= 0.3 is 0 Å². The molecule has 0 amide bonds. The minimum Gasteiger partial charge on any atom is -0.381 e. The predicted molar refractivity (Wildman–Crippen MR) is 123 cm³/mol. The van der Waals surface area contributed by atoms with Gasteiger partial charge in [-0.05, 0) is 37.3 Å². The molecule has 1 unspecified atom stereocenters. The van der Waals surface area contributed by atoms with Gasteiger partial charge in [-0.3, -0.25) is 4.99 Å². The minimum atomic E-state index is 0.0886. The van der Waals surface area contributed by atoms with Gasteiger partial charge in [-0.2, -0.15) is 0 Å². The Kier molecular flexibility index (Phi) is 8.72. The summed E-state index contributed by atoms with van der Waals surface area (Å²) in [7, 11) is 1.82. The highest BCUT2D eigenvalue weighted by atomic mass is 16.5. The molecule has 30 heavy (non-hydrogen) atoms. The van der Waals surface area contributed by atoms with Crippen molar-refractivity contribution in [2.75, 3.05) is 40.0 Å². The van der Waals surface area contributed by atoms with E-state index in [2.05, 4.69) is 65.0 Å². The van der Waals surface area contributed by atoms with Crippen LogP contribution in [0.4, 0.5) is 0 Å². The topological polar surface area (TPSA) is 54.9 Å². The first-order valence-electron chi connectivity index (χ1n) is 11.0. The molecule has 1 aliphatic heterocycles. The third kappa shape index (κ3) is 6.31. The van der Waals surface area contributed by atoms with Gasteiger partial charge in [0.1, 0.15) is 0 Å². The minimum absolute atomic E-state index is 0.0886. The van der Waals surface area contributed by atoms with E-state index >= 15 is 0 Å². The first-order valence-corrected chi connectivity index (χ1v) is 11.0. The summed E-state index contributed by atoms with van der Waals surface area (Å²) >= 11 is 0. The summed E-state index contributed by atoms with van der Waals surface area (Å²) in [5, 5.41) is 6.97. The molecular formula is C25H35N3O2. The van der Waals surface area contributed by atoms with Crippen LogP contribution in [0.1, 0.15) is 43.4 Å². The second-order valence-electron chi connectivity index (χ2n) is 7.89. The fourth-order valence-electron chi connectivity index (χ4n) is 3.95. The number of benzene rings is 2. The lowest BCUT2D eigenvalue weighted by Crippen LogP contribution is -2.48. The zero-order chi connectivity index (χ0) is 21.1. The van der Waals surface area contributed by atoms with Gasteiger partial charge in [-0.1, -0.05) is 60.7 Å². The Balaban J connectivity index is 1.42. The number of hydrogen-bond acceptors (Lipinski definition) is 3. The Hall–Kier alpha value is -2.37. The molecule has 1 saturated heterocycles. The molecule has 1 aliphatic rings. The zero-order valence-corrected chi connectivity index (χ0v) is 18.3. The van der Waals surface area contributed by atoms with Crippen LogP contribution in [0.25, 0.3) is 0 Å². The van der Waals surface area contributed by atoms with E-state index < -0.39 is 0 Å². The van der Waals surface area contributed by atoms with Gasteiger partial charge in [-0.25, -0.2) is 0 Å². The van der Waals surface area contributed by atoms with Crippen LogP contribution in [0, 0.1) is 0 Å². The molecule has 1 fully saturated rings. The Bertz CT molecular complexity index is 758. The van der Waals surface area contributed by atoms with Crippen LogP contribution >= 0.6 is 0 Å². The first-order chi connectivity index (χ1) is 14.7. The molecule has 2 aromatic rings. The summed E-state index contributed by atoms with van der Waals surface area (Å²) < 4.78 is 11.6. The van der Waals surface area contributed by atoms with Gasteiger partial charge in [0.25, 0.3) is 0 Å². The summed E-state index contributed by atoms with van der Waals surface area (Å²) in [5.41, 5.74) is 2.68. The number of hydrogen-bond donors (Lipinski definition) is 2. The molecule has 0 saturated carbocycles. The maximum Gasteiger partial charge on any atom is 0.191 e. The summed E-state index contributed by atoms with van der Waals surface area (Å²) in [6, 6.07) is 21.1. The maximum absolute atomic E-state index is 5.96. The van der Waals surface area contributed by atoms with Gasteiger partial charge in [0.2, 0.25) is 0 Å². The standard InChI is InChI=1S/C25H35N3O2/c1-21(22-10-5-3-6-11-22)30-17-9-16-27-24(26-2)28-20-25(14-18-29-19-15-25)23-12-7-4-8-13-23/h3-8,10-13,21H,9,14-20H2,1-2H3,(H2,26,27,28). The van der Waals surface area contributed by atoms with Crippen molar-refractivity contribution in [1.82, 2.24) is 10.6 Å². The number of nitrogens with zero attached hydrogens (tertiary/aromatic N) is 1. The van der Waals surface area contributed by atoms with Gasteiger partial charge in [-0.15, -0.1) is 0 Å². The van der Waals surface area contributed by atoms with Crippen molar-refractivity contribution in [2.24, 2.45) is 4.99 Å². The van der Waals surface area contributed by atoms with Crippen LogP contribution in [0.3, 0.4) is 0 Å². The molecule has 1 heterocycles. The lowest BCUT2D eigenvalue weighted by Gasteiger charge is -2.38. The van der Waals surface area contributed by atoms with Crippen molar-refractivity contribution < 1.29 is 9.47 Å². The van der Waals surface area contributed by atoms with E-state index in [-0.39, 0.29) is 11.5 Å². The first kappa shape index (κ1) is 22.3. The molecule has 5 heteroatoms. The Morgan fingerprint density at radius 2 is 1.70 bits per heavy atom. The SMILES string of the molecule is CN=C(NCCCOC(C)c1ccccc1)NCC1(c2ccccc2)CCOCC1. The summed E-state index contributed by atoms with van der Waals surface area (Å²) in [6.45, 7) is 6.09. The lowest BCUT2D eigenvalue weighted by atomic mass is 9.74. The van der Waals surface area contributed by atoms with Gasteiger partial charge in [0.05, 0.1) is 6.10 Å². The zero-order valence-electron chi connectivity index (χ0n) is 18.3. The Morgan fingerprint density at radius 3 is 2.37 bits per heavy atom. The summed E-state index contributed by atoms with van der Waals surface area (Å²) in [4.78, 5) is 4.40. The van der Waals surface area contributed by atoms with Crippen molar-refractivity contribution in [3.05, 3.63) is 71.8 Å². The van der Waals surface area contributed by atoms with Crippen LogP contribution in [0.5, 0.6) is 0 Å². The number of rotatable bonds is 9. The molecule has 0 aromatic heterocycles. The van der Waals surface area contributed by atoms with Crippen LogP contribution in [0.2, 0.25) is 0 Å². The van der Waals surface area contributed by atoms with Gasteiger partial charge in [0, 0.05) is 45.4 Å². The van der Waals surface area contributed by atoms with Crippen molar-refractivity contribution in [1.29, 1.82) is 0 Å². The molecule has 1 atom stereocenters. The molecule has 2 aromatic carbocycles. The largest absolute Gasteiger partial charge is 0.381 e. The van der Waals surface area contributed by atoms with Crippen molar-refractivity contribution in [3.8, 4) is 0 Å². The third-order valence-electron chi connectivity index (χ3n) is 5.90. The van der Waals surface area contributed by atoms with E-state index in [0.29, 0.717) is 6.61 Å². The van der Waals surface area contributed by atoms with Gasteiger partial charge < -0.3 is 20.1 Å². The van der Waals surface area contributed by atoms with Crippen molar-refractivity contribution in [2.45, 2.75) is 37.7 Å². The summed E-state index contributed by atoms with van der Waals surface area (Å²) in [6.07, 6.45) is 3.08. The van der Waals surface area contributed by atoms with Crippen LogP contribution in [-0.2, 0) is 14.9 Å². The van der Waals surface area contributed by atoms with E-state index in [1.807, 2.05) is 25.2 Å². The number of aliphatic imine (C=N–C) groups is 1. The monoisotopic (exact) mass is 409 g/mol. The molecule has 162 valence electrons. The molecule has 5 nitrogen and oxygen atoms in total. The van der Waals surface area contributed by atoms with E-state index in [1.54, 1.807) is 0 Å². The second kappa shape index (κ2) is 11.7. The van der Waals surface area contributed by atoms with Crippen molar-refractivity contribution >= 4 is 5.96 Å². The molecule has 0 radical (unpaired) electrons. The molecule has 0 bridgehead atoms. The van der Waals surface area contributed by atoms with Crippen LogP contribution in [0.15, 0.2) is 65.7 Å². The molecule has 2 N–H and O–H groups in total. The molecule has 0 aliphatic carbocycles. The quantitative estimate of drug-likeness (QED) is 0.372. The Labute approximate surface area is 180 Å². The molecular weight excluding hydrogens is 374 g/mol. The van der Waals surface area contributed by atoms with Crippen LogP contribution < -0.4 is 10.6 Å². The fraction of sp³-hybridized carbons (Fsp3) is 0.480. The lowest BCUT2D eigenvalue weighted by molar-refractivity contribution is 0.0513. The normalized spacial score (nSPS) is 17.3. The van der Waals surface area contributed by atoms with Crippen LogP contribution in [-0.4, -0.2) is 45.9 Å². The van der Waals surface area contributed by atoms with E-state index in [0.717, 1.165) is 51.5 Å². The average molecular weight is 410 g/mol. The fourth-order valence-corrected chi connectivity index (χ4v) is 3.95. The van der Waals surface area contributed by atoms with Gasteiger partial charge in [0.15, 0.2) is 5.96 Å². The van der Waals surface area contributed by atoms with E-state index in [9.17, 15) is 0 Å². The third-order valence-corrected chi connectivity index (χ3v) is 5.90. The Morgan fingerprint density at radius 1 is 1.03 bits per heavy atom. The summed E-state index contributed by atoms with van der Waals surface area (Å²) in [5.74, 6) is 0.841. The maximum atomic E-state index is 5.96. The van der Waals surface area contributed by atoms with E-state index in [1.165, 1.54) is 11.1 Å². The smallest absolute Gasteiger partial charge is 0.191 e. The van der Waals surface area contributed by atoms with E-state index in [4.69, 9.17) is 9.47 Å². The molecule has 0 spiro atoms. The predicted octanol–water partition coefficient (Wildman–Crippen LogP) is 4.07.